The molecule has 0 aliphatic carbocycles. The highest BCUT2D eigenvalue weighted by atomic mass is 35.5. The van der Waals surface area contributed by atoms with Crippen molar-refractivity contribution in [3.8, 4) is 11.5 Å². The van der Waals surface area contributed by atoms with E-state index in [1.807, 2.05) is 0 Å². The number of carbonyl (C=O) groups excluding carboxylic acids is 2. The number of phenols is 1. The molecule has 1 heterocycles. The van der Waals surface area contributed by atoms with Crippen molar-refractivity contribution in [3.63, 3.8) is 0 Å². The average molecular weight is 447 g/mol. The maximum absolute atomic E-state index is 12.9. The Bertz CT molecular complexity index is 932. The molecule has 0 fully saturated rings. The second kappa shape index (κ2) is 9.01. The van der Waals surface area contributed by atoms with Gasteiger partial charge in [0.05, 0.1) is 11.6 Å². The van der Waals surface area contributed by atoms with Gasteiger partial charge in [-0.05, 0) is 31.2 Å². The van der Waals surface area contributed by atoms with Crippen LogP contribution in [0.5, 0.6) is 11.5 Å². The Kier molecular flexibility index (Phi) is 7.17. The number of ketones is 1. The summed E-state index contributed by atoms with van der Waals surface area (Å²) in [7, 11) is 0. The van der Waals surface area contributed by atoms with Crippen LogP contribution >= 0.6 is 35.6 Å². The zero-order chi connectivity index (χ0) is 19.7. The number of rotatable bonds is 5. The van der Waals surface area contributed by atoms with Crippen LogP contribution in [0.3, 0.4) is 0 Å². The number of ether oxygens (including phenoxy) is 2. The molecule has 150 valence electrons. The number of hydrogen-bond donors (Lipinski definition) is 2. The maximum Gasteiger partial charge on any atom is 0.347 e. The molecule has 0 radical (unpaired) electrons. The third kappa shape index (κ3) is 4.05. The normalized spacial score (nSPS) is 14.6. The molecule has 28 heavy (non-hydrogen) atoms. The van der Waals surface area contributed by atoms with Gasteiger partial charge in [0.25, 0.3) is 0 Å². The Morgan fingerprint density at radius 3 is 2.64 bits per heavy atom. The molecular weight excluding hydrogens is 429 g/mol. The second-order valence-corrected chi connectivity index (χ2v) is 6.74. The fraction of sp³-hybridized carbons (Fsp3) is 0.263. The van der Waals surface area contributed by atoms with Crippen LogP contribution in [0.4, 0.5) is 0 Å². The number of fused-ring (bicyclic) bond motifs is 1. The summed E-state index contributed by atoms with van der Waals surface area (Å²) >= 11 is 12.6. The molecular formula is C19H18Cl3NO5. The van der Waals surface area contributed by atoms with Crippen LogP contribution in [0.25, 0.3) is 0 Å². The topological polar surface area (TPSA) is 98.9 Å². The van der Waals surface area contributed by atoms with Crippen LogP contribution in [-0.4, -0.2) is 29.6 Å². The number of halogens is 3. The zero-order valence-corrected chi connectivity index (χ0v) is 17.2. The molecule has 0 saturated heterocycles. The molecule has 1 aliphatic heterocycles. The molecule has 1 atom stereocenters. The highest BCUT2D eigenvalue weighted by molar-refractivity contribution is 6.45. The number of carbonyl (C=O) groups is 2. The minimum absolute atomic E-state index is 0. The monoisotopic (exact) mass is 445 g/mol. The van der Waals surface area contributed by atoms with Gasteiger partial charge < -0.3 is 20.3 Å². The van der Waals surface area contributed by atoms with Crippen molar-refractivity contribution in [1.82, 2.24) is 0 Å². The first kappa shape index (κ1) is 22.3. The largest absolute Gasteiger partial charge is 0.508 e. The maximum atomic E-state index is 12.9. The quantitative estimate of drug-likeness (QED) is 0.537. The van der Waals surface area contributed by atoms with Crippen molar-refractivity contribution in [2.24, 2.45) is 5.73 Å². The van der Waals surface area contributed by atoms with Crippen LogP contribution in [0.1, 0.15) is 34.0 Å². The van der Waals surface area contributed by atoms with Gasteiger partial charge in [0.2, 0.25) is 0 Å². The summed E-state index contributed by atoms with van der Waals surface area (Å²) in [5.74, 6) is -0.582. The Balaban J connectivity index is 0.00000280. The standard InChI is InChI=1S/C19H17Cl2NO5.ClH/c1-2-26-19(25)14-7-10-6-12(15(20)16(21)18(10)27-14)17(24)9-3-4-13(23)11(5-9)8-22;/h3-6,14,23H,2,7-8,22H2,1H3;1H. The van der Waals surface area contributed by atoms with Crippen LogP contribution in [0, 0.1) is 0 Å². The van der Waals surface area contributed by atoms with E-state index < -0.39 is 12.1 Å². The lowest BCUT2D eigenvalue weighted by molar-refractivity contribution is -0.150. The molecule has 0 amide bonds. The van der Waals surface area contributed by atoms with Crippen molar-refractivity contribution in [2.45, 2.75) is 26.0 Å². The van der Waals surface area contributed by atoms with E-state index in [-0.39, 0.29) is 64.9 Å². The summed E-state index contributed by atoms with van der Waals surface area (Å²) in [4.78, 5) is 24.8. The Hall–Kier alpha value is -1.99. The van der Waals surface area contributed by atoms with Crippen LogP contribution in [0.15, 0.2) is 24.3 Å². The lowest BCUT2D eigenvalue weighted by Gasteiger charge is -2.11. The van der Waals surface area contributed by atoms with Gasteiger partial charge in [-0.3, -0.25) is 4.79 Å². The van der Waals surface area contributed by atoms with Gasteiger partial charge in [0.1, 0.15) is 16.5 Å². The molecule has 3 N–H and O–H groups in total. The smallest absolute Gasteiger partial charge is 0.347 e. The Morgan fingerprint density at radius 2 is 2.00 bits per heavy atom. The molecule has 0 bridgehead atoms. The number of hydrogen-bond acceptors (Lipinski definition) is 6. The molecule has 1 aliphatic rings. The zero-order valence-electron chi connectivity index (χ0n) is 14.8. The van der Waals surface area contributed by atoms with E-state index in [2.05, 4.69) is 0 Å². The van der Waals surface area contributed by atoms with Gasteiger partial charge >= 0.3 is 5.97 Å². The molecule has 9 heteroatoms. The summed E-state index contributed by atoms with van der Waals surface area (Å²) in [5, 5.41) is 9.84. The van der Waals surface area contributed by atoms with Gasteiger partial charge in [0.15, 0.2) is 11.9 Å². The molecule has 1 unspecified atom stereocenters. The van der Waals surface area contributed by atoms with Gasteiger partial charge in [0, 0.05) is 35.2 Å². The minimum atomic E-state index is -0.823. The van der Waals surface area contributed by atoms with Gasteiger partial charge in [-0.2, -0.15) is 0 Å². The van der Waals surface area contributed by atoms with E-state index in [9.17, 15) is 14.7 Å². The summed E-state index contributed by atoms with van der Waals surface area (Å²) in [6, 6.07) is 5.96. The number of nitrogens with two attached hydrogens (primary N) is 1. The molecule has 0 aromatic heterocycles. The second-order valence-electron chi connectivity index (χ2n) is 5.98. The average Bonchev–Trinajstić information content (AvgIpc) is 3.09. The van der Waals surface area contributed by atoms with Gasteiger partial charge in [-0.15, -0.1) is 12.4 Å². The number of benzene rings is 2. The van der Waals surface area contributed by atoms with E-state index in [1.54, 1.807) is 13.0 Å². The fourth-order valence-electron chi connectivity index (χ4n) is 2.90. The number of phenolic OH excluding ortho intramolecular Hbond substituents is 1. The third-order valence-corrected chi connectivity index (χ3v) is 5.11. The van der Waals surface area contributed by atoms with Crippen molar-refractivity contribution in [3.05, 3.63) is 56.6 Å². The lowest BCUT2D eigenvalue weighted by atomic mass is 9.98. The van der Waals surface area contributed by atoms with E-state index in [1.165, 1.54) is 18.2 Å². The predicted molar refractivity (Wildman–Crippen MR) is 108 cm³/mol. The van der Waals surface area contributed by atoms with Crippen LogP contribution in [-0.2, 0) is 22.5 Å². The molecule has 3 rings (SSSR count). The van der Waals surface area contributed by atoms with Crippen molar-refractivity contribution >= 4 is 47.4 Å². The predicted octanol–water partition coefficient (Wildman–Crippen LogP) is 3.68. The van der Waals surface area contributed by atoms with Crippen molar-refractivity contribution < 1.29 is 24.2 Å². The SMILES string of the molecule is CCOC(=O)C1Cc2cc(C(=O)c3ccc(O)c(CN)c3)c(Cl)c(Cl)c2O1.Cl. The Labute approximate surface area is 177 Å². The van der Waals surface area contributed by atoms with Gasteiger partial charge in [-0.25, -0.2) is 4.79 Å². The number of aromatic hydroxyl groups is 1. The van der Waals surface area contributed by atoms with Crippen molar-refractivity contribution in [1.29, 1.82) is 0 Å². The third-order valence-electron chi connectivity index (χ3n) is 4.26. The summed E-state index contributed by atoms with van der Waals surface area (Å²) in [6.45, 7) is 2.02. The van der Waals surface area contributed by atoms with E-state index in [0.29, 0.717) is 16.7 Å². The van der Waals surface area contributed by atoms with Crippen LogP contribution < -0.4 is 10.5 Å². The summed E-state index contributed by atoms with van der Waals surface area (Å²) in [6.07, 6.45) is -0.592. The van der Waals surface area contributed by atoms with E-state index >= 15 is 0 Å². The van der Waals surface area contributed by atoms with E-state index in [4.69, 9.17) is 38.4 Å². The lowest BCUT2D eigenvalue weighted by Crippen LogP contribution is -2.27. The van der Waals surface area contributed by atoms with E-state index in [0.717, 1.165) is 0 Å². The first-order valence-electron chi connectivity index (χ1n) is 8.28. The van der Waals surface area contributed by atoms with Gasteiger partial charge in [-0.1, -0.05) is 23.2 Å². The molecule has 0 saturated carbocycles. The molecule has 6 nitrogen and oxygen atoms in total. The highest BCUT2D eigenvalue weighted by Gasteiger charge is 2.34. The summed E-state index contributed by atoms with van der Waals surface area (Å²) in [5.41, 5.74) is 7.11. The summed E-state index contributed by atoms with van der Waals surface area (Å²) < 4.78 is 10.5. The molecule has 0 spiro atoms. The van der Waals surface area contributed by atoms with Crippen molar-refractivity contribution in [2.75, 3.05) is 6.61 Å². The first-order valence-corrected chi connectivity index (χ1v) is 9.03. The van der Waals surface area contributed by atoms with Crippen LogP contribution in [0.2, 0.25) is 10.0 Å². The first-order chi connectivity index (χ1) is 12.9. The molecule has 2 aromatic rings. The molecule has 2 aromatic carbocycles. The fourth-order valence-corrected chi connectivity index (χ4v) is 3.40. The minimum Gasteiger partial charge on any atom is -0.508 e. The number of esters is 1. The Morgan fingerprint density at radius 1 is 1.29 bits per heavy atom. The highest BCUT2D eigenvalue weighted by Crippen LogP contribution is 2.43.